The average Bonchev–Trinajstić information content (AvgIpc) is 2.80. The Labute approximate surface area is 189 Å². The number of benzene rings is 3. The Morgan fingerprint density at radius 1 is 0.903 bits per heavy atom. The van der Waals surface area contributed by atoms with Crippen LogP contribution in [0.15, 0.2) is 79.0 Å². The van der Waals surface area contributed by atoms with E-state index in [4.69, 9.17) is 37.4 Å². The summed E-state index contributed by atoms with van der Waals surface area (Å²) in [5, 5.41) is 1.91. The van der Waals surface area contributed by atoms with Gasteiger partial charge in [-0.1, -0.05) is 35.3 Å². The summed E-state index contributed by atoms with van der Waals surface area (Å²) >= 11 is 12.2. The molecule has 4 rings (SSSR count). The summed E-state index contributed by atoms with van der Waals surface area (Å²) in [6, 6.07) is 21.1. The van der Waals surface area contributed by atoms with Gasteiger partial charge in [0.1, 0.15) is 22.8 Å². The van der Waals surface area contributed by atoms with Crippen molar-refractivity contribution in [2.45, 2.75) is 6.10 Å². The number of carbonyl (C=O) groups excluding carboxylic acids is 1. The number of hydrogen-bond acceptors (Lipinski definition) is 5. The van der Waals surface area contributed by atoms with Gasteiger partial charge in [-0.15, -0.1) is 0 Å². The van der Waals surface area contributed by atoms with Crippen LogP contribution in [-0.4, -0.2) is 18.1 Å². The number of fused-ring (bicyclic) bond motifs is 1. The molecule has 0 aliphatic heterocycles. The minimum Gasteiger partial charge on any atom is -0.472 e. The standard InChI is InChI=1S/C24H17Cl2NO4/c1-29-24(28)23(31-21-13-12-20(26)19-3-2-14-27-22(19)21)15-4-8-17(9-5-15)30-18-10-6-16(25)7-11-18/h2-14,23H,1H3. The van der Waals surface area contributed by atoms with Gasteiger partial charge < -0.3 is 14.2 Å². The normalized spacial score (nSPS) is 11.7. The van der Waals surface area contributed by atoms with Crippen molar-refractivity contribution in [3.63, 3.8) is 0 Å². The third kappa shape index (κ3) is 4.74. The molecule has 3 aromatic carbocycles. The highest BCUT2D eigenvalue weighted by atomic mass is 35.5. The molecule has 0 radical (unpaired) electrons. The quantitative estimate of drug-likeness (QED) is 0.306. The summed E-state index contributed by atoms with van der Waals surface area (Å²) in [7, 11) is 1.31. The van der Waals surface area contributed by atoms with Crippen molar-refractivity contribution < 1.29 is 19.0 Å². The van der Waals surface area contributed by atoms with Crippen LogP contribution in [0.1, 0.15) is 11.7 Å². The predicted molar refractivity (Wildman–Crippen MR) is 120 cm³/mol. The number of halogens is 2. The van der Waals surface area contributed by atoms with Crippen LogP contribution in [0.5, 0.6) is 17.2 Å². The molecule has 0 aliphatic carbocycles. The Hall–Kier alpha value is -3.28. The lowest BCUT2D eigenvalue weighted by atomic mass is 10.1. The number of esters is 1. The fourth-order valence-corrected chi connectivity index (χ4v) is 3.38. The fourth-order valence-electron chi connectivity index (χ4n) is 3.04. The van der Waals surface area contributed by atoms with E-state index in [1.54, 1.807) is 72.9 Å². The smallest absolute Gasteiger partial charge is 0.351 e. The Morgan fingerprint density at radius 3 is 2.26 bits per heavy atom. The van der Waals surface area contributed by atoms with Crippen molar-refractivity contribution in [1.29, 1.82) is 0 Å². The second-order valence-corrected chi connectivity index (χ2v) is 7.43. The number of aromatic nitrogens is 1. The minimum absolute atomic E-state index is 0.428. The molecular formula is C24H17Cl2NO4. The van der Waals surface area contributed by atoms with E-state index in [1.165, 1.54) is 7.11 Å². The van der Waals surface area contributed by atoms with Crippen molar-refractivity contribution in [2.24, 2.45) is 0 Å². The van der Waals surface area contributed by atoms with Crippen LogP contribution < -0.4 is 9.47 Å². The van der Waals surface area contributed by atoms with Crippen LogP contribution in [0.3, 0.4) is 0 Å². The topological polar surface area (TPSA) is 57.7 Å². The maximum atomic E-state index is 12.5. The average molecular weight is 454 g/mol. The first kappa shape index (κ1) is 21.0. The summed E-state index contributed by atoms with van der Waals surface area (Å²) in [6.07, 6.45) is 0.655. The molecule has 0 N–H and O–H groups in total. The molecular weight excluding hydrogens is 437 g/mol. The third-order valence-electron chi connectivity index (χ3n) is 4.57. The van der Waals surface area contributed by atoms with Gasteiger partial charge in [0.15, 0.2) is 0 Å². The molecule has 1 unspecified atom stereocenters. The van der Waals surface area contributed by atoms with Crippen LogP contribution in [0.25, 0.3) is 10.9 Å². The molecule has 31 heavy (non-hydrogen) atoms. The van der Waals surface area contributed by atoms with E-state index >= 15 is 0 Å². The molecule has 0 amide bonds. The van der Waals surface area contributed by atoms with Crippen molar-refractivity contribution in [1.82, 2.24) is 4.98 Å². The molecule has 0 aliphatic rings. The molecule has 0 bridgehead atoms. The molecule has 4 aromatic rings. The van der Waals surface area contributed by atoms with Crippen molar-refractivity contribution >= 4 is 40.1 Å². The lowest BCUT2D eigenvalue weighted by molar-refractivity contribution is -0.149. The molecule has 1 heterocycles. The van der Waals surface area contributed by atoms with Crippen LogP contribution >= 0.6 is 23.2 Å². The number of rotatable bonds is 6. The van der Waals surface area contributed by atoms with Gasteiger partial charge in [0.05, 0.1) is 12.1 Å². The van der Waals surface area contributed by atoms with E-state index in [2.05, 4.69) is 4.98 Å². The lowest BCUT2D eigenvalue weighted by Crippen LogP contribution is -2.20. The van der Waals surface area contributed by atoms with E-state index in [-0.39, 0.29) is 0 Å². The Kier molecular flexibility index (Phi) is 6.26. The molecule has 0 saturated carbocycles. The maximum Gasteiger partial charge on any atom is 0.351 e. The molecule has 0 fully saturated rings. The van der Waals surface area contributed by atoms with Crippen LogP contribution in [-0.2, 0) is 9.53 Å². The van der Waals surface area contributed by atoms with Gasteiger partial charge in [-0.25, -0.2) is 4.79 Å². The van der Waals surface area contributed by atoms with Gasteiger partial charge in [0.2, 0.25) is 6.10 Å². The van der Waals surface area contributed by atoms with Crippen molar-refractivity contribution in [2.75, 3.05) is 7.11 Å². The first-order chi connectivity index (χ1) is 15.0. The highest BCUT2D eigenvalue weighted by Gasteiger charge is 2.25. The molecule has 1 atom stereocenters. The third-order valence-corrected chi connectivity index (χ3v) is 5.15. The Balaban J connectivity index is 1.61. The van der Waals surface area contributed by atoms with E-state index in [1.807, 2.05) is 6.07 Å². The molecule has 1 aromatic heterocycles. The zero-order chi connectivity index (χ0) is 21.8. The first-order valence-electron chi connectivity index (χ1n) is 9.36. The van der Waals surface area contributed by atoms with Crippen molar-refractivity contribution in [3.05, 3.63) is 94.6 Å². The summed E-state index contributed by atoms with van der Waals surface area (Å²) in [5.74, 6) is 1.15. The SMILES string of the molecule is COC(=O)C(Oc1ccc(Cl)c2cccnc12)c1ccc(Oc2ccc(Cl)cc2)cc1. The Bertz CT molecular complexity index is 1210. The first-order valence-corrected chi connectivity index (χ1v) is 10.1. The molecule has 5 nitrogen and oxygen atoms in total. The van der Waals surface area contributed by atoms with Crippen LogP contribution in [0.4, 0.5) is 0 Å². The zero-order valence-corrected chi connectivity index (χ0v) is 17.9. The summed E-state index contributed by atoms with van der Waals surface area (Å²) < 4.78 is 16.8. The monoisotopic (exact) mass is 453 g/mol. The van der Waals surface area contributed by atoms with Gasteiger partial charge >= 0.3 is 5.97 Å². The van der Waals surface area contributed by atoms with E-state index < -0.39 is 12.1 Å². The fraction of sp³-hybridized carbons (Fsp3) is 0.0833. The van der Waals surface area contributed by atoms with Gasteiger partial charge in [0.25, 0.3) is 0 Å². The summed E-state index contributed by atoms with van der Waals surface area (Å²) in [4.78, 5) is 16.8. The zero-order valence-electron chi connectivity index (χ0n) is 16.4. The second kappa shape index (κ2) is 9.25. The largest absolute Gasteiger partial charge is 0.472 e. The number of nitrogens with zero attached hydrogens (tertiary/aromatic N) is 1. The number of methoxy groups -OCH3 is 1. The van der Waals surface area contributed by atoms with Gasteiger partial charge in [0, 0.05) is 22.2 Å². The second-order valence-electron chi connectivity index (χ2n) is 6.59. The Morgan fingerprint density at radius 2 is 1.58 bits per heavy atom. The van der Waals surface area contributed by atoms with Crippen molar-refractivity contribution in [3.8, 4) is 17.2 Å². The summed E-state index contributed by atoms with van der Waals surface area (Å²) in [5.41, 5.74) is 1.17. The summed E-state index contributed by atoms with van der Waals surface area (Å²) in [6.45, 7) is 0. The number of hydrogen-bond donors (Lipinski definition) is 0. The van der Waals surface area contributed by atoms with Gasteiger partial charge in [-0.3, -0.25) is 4.98 Å². The van der Waals surface area contributed by atoms with E-state index in [9.17, 15) is 4.79 Å². The van der Waals surface area contributed by atoms with Gasteiger partial charge in [-0.05, 0) is 60.7 Å². The lowest BCUT2D eigenvalue weighted by Gasteiger charge is -2.19. The highest BCUT2D eigenvalue weighted by Crippen LogP contribution is 2.33. The molecule has 7 heteroatoms. The predicted octanol–water partition coefficient (Wildman–Crippen LogP) is 6.63. The van der Waals surface area contributed by atoms with Crippen LogP contribution in [0.2, 0.25) is 10.0 Å². The van der Waals surface area contributed by atoms with E-state index in [0.29, 0.717) is 38.4 Å². The number of ether oxygens (including phenoxy) is 3. The maximum absolute atomic E-state index is 12.5. The molecule has 156 valence electrons. The van der Waals surface area contributed by atoms with E-state index in [0.717, 1.165) is 5.39 Å². The highest BCUT2D eigenvalue weighted by molar-refractivity contribution is 6.35. The van der Waals surface area contributed by atoms with Crippen LogP contribution in [0, 0.1) is 0 Å². The van der Waals surface area contributed by atoms with Gasteiger partial charge in [-0.2, -0.15) is 0 Å². The molecule has 0 saturated heterocycles. The minimum atomic E-state index is -0.985. The molecule has 0 spiro atoms. The number of pyridine rings is 1. The number of carbonyl (C=O) groups is 1.